The molecule has 108 valence electrons. The predicted octanol–water partition coefficient (Wildman–Crippen LogP) is 3.03. The Hall–Kier alpha value is -1.98. The largest absolute Gasteiger partial charge is 0.390 e. The minimum Gasteiger partial charge on any atom is -0.390 e. The molecule has 4 nitrogen and oxygen atoms in total. The van der Waals surface area contributed by atoms with Crippen LogP contribution in [-0.2, 0) is 13.0 Å². The summed E-state index contributed by atoms with van der Waals surface area (Å²) >= 11 is 1.70. The van der Waals surface area contributed by atoms with Crippen LogP contribution in [0.5, 0.6) is 0 Å². The Bertz CT molecular complexity index is 747. The summed E-state index contributed by atoms with van der Waals surface area (Å²) in [4.78, 5) is 1.23. The predicted molar refractivity (Wildman–Crippen MR) is 83.9 cm³/mol. The highest BCUT2D eigenvalue weighted by molar-refractivity contribution is 7.09. The van der Waals surface area contributed by atoms with Gasteiger partial charge in [0.2, 0.25) is 0 Å². The number of aliphatic hydroxyl groups is 1. The van der Waals surface area contributed by atoms with Gasteiger partial charge in [-0.2, -0.15) is 0 Å². The summed E-state index contributed by atoms with van der Waals surface area (Å²) in [6.45, 7) is 4.08. The Morgan fingerprint density at radius 3 is 2.76 bits per heavy atom. The maximum Gasteiger partial charge on any atom is 0.112 e. The summed E-state index contributed by atoms with van der Waals surface area (Å²) in [5.74, 6) is 0. The van der Waals surface area contributed by atoms with Gasteiger partial charge in [-0.05, 0) is 42.5 Å². The van der Waals surface area contributed by atoms with E-state index in [0.29, 0.717) is 5.69 Å². The Morgan fingerprint density at radius 1 is 1.19 bits per heavy atom. The number of thiophene rings is 1. The lowest BCUT2D eigenvalue weighted by molar-refractivity contribution is 0.275. The van der Waals surface area contributed by atoms with Crippen LogP contribution < -0.4 is 0 Å². The van der Waals surface area contributed by atoms with E-state index in [4.69, 9.17) is 0 Å². The molecule has 0 saturated heterocycles. The van der Waals surface area contributed by atoms with Crippen molar-refractivity contribution in [3.63, 3.8) is 0 Å². The average molecular weight is 299 g/mol. The molecule has 0 amide bonds. The number of nitrogens with zero attached hydrogens (tertiary/aromatic N) is 3. The Morgan fingerprint density at radius 2 is 2.05 bits per heavy atom. The standard InChI is InChI=1S/C16H17N3OS/c1-11-5-3-7-15(12(11)2)19-16(14(10-20)17-18-19)9-13-6-4-8-21-13/h3-8,20H,9-10H2,1-2H3. The molecule has 0 saturated carbocycles. The van der Waals surface area contributed by atoms with Crippen LogP contribution in [0.3, 0.4) is 0 Å². The molecule has 1 N–H and O–H groups in total. The van der Waals surface area contributed by atoms with Crippen molar-refractivity contribution in [2.24, 2.45) is 0 Å². The third kappa shape index (κ3) is 2.62. The molecule has 0 unspecified atom stereocenters. The van der Waals surface area contributed by atoms with Crippen LogP contribution in [0.2, 0.25) is 0 Å². The van der Waals surface area contributed by atoms with Gasteiger partial charge in [0.25, 0.3) is 0 Å². The minimum absolute atomic E-state index is 0.0917. The van der Waals surface area contributed by atoms with Crippen molar-refractivity contribution in [3.05, 3.63) is 63.1 Å². The van der Waals surface area contributed by atoms with Gasteiger partial charge in [-0.15, -0.1) is 16.4 Å². The number of benzene rings is 1. The first kappa shape index (κ1) is 14.0. The molecule has 0 bridgehead atoms. The molecule has 0 aliphatic rings. The molecule has 2 aromatic heterocycles. The zero-order valence-corrected chi connectivity index (χ0v) is 12.9. The normalized spacial score (nSPS) is 11.0. The minimum atomic E-state index is -0.0917. The number of rotatable bonds is 4. The number of aryl methyl sites for hydroxylation is 1. The van der Waals surface area contributed by atoms with E-state index in [2.05, 4.69) is 41.7 Å². The Labute approximate surface area is 127 Å². The van der Waals surface area contributed by atoms with Gasteiger partial charge >= 0.3 is 0 Å². The monoisotopic (exact) mass is 299 g/mol. The number of aromatic nitrogens is 3. The van der Waals surface area contributed by atoms with E-state index >= 15 is 0 Å². The van der Waals surface area contributed by atoms with Crippen LogP contribution in [0.4, 0.5) is 0 Å². The van der Waals surface area contributed by atoms with Gasteiger partial charge < -0.3 is 5.11 Å². The van der Waals surface area contributed by atoms with E-state index in [1.165, 1.54) is 16.0 Å². The topological polar surface area (TPSA) is 50.9 Å². The molecule has 1 aromatic carbocycles. The van der Waals surface area contributed by atoms with Gasteiger partial charge in [0.1, 0.15) is 5.69 Å². The average Bonchev–Trinajstić information content (AvgIpc) is 3.12. The maximum absolute atomic E-state index is 9.52. The van der Waals surface area contributed by atoms with Gasteiger partial charge in [0.15, 0.2) is 0 Å². The fourth-order valence-electron chi connectivity index (χ4n) is 2.37. The van der Waals surface area contributed by atoms with Gasteiger partial charge in [-0.3, -0.25) is 0 Å². The highest BCUT2D eigenvalue weighted by Gasteiger charge is 2.16. The van der Waals surface area contributed by atoms with Crippen molar-refractivity contribution in [2.75, 3.05) is 0 Å². The molecule has 0 radical (unpaired) electrons. The fourth-order valence-corrected chi connectivity index (χ4v) is 3.08. The quantitative estimate of drug-likeness (QED) is 0.805. The third-order valence-electron chi connectivity index (χ3n) is 3.72. The third-order valence-corrected chi connectivity index (χ3v) is 4.60. The van der Waals surface area contributed by atoms with Crippen molar-refractivity contribution in [2.45, 2.75) is 26.9 Å². The van der Waals surface area contributed by atoms with Gasteiger partial charge in [0, 0.05) is 11.3 Å². The molecule has 21 heavy (non-hydrogen) atoms. The van der Waals surface area contributed by atoms with E-state index in [-0.39, 0.29) is 6.61 Å². The molecule has 0 aliphatic carbocycles. The zero-order chi connectivity index (χ0) is 14.8. The van der Waals surface area contributed by atoms with Crippen LogP contribution in [-0.4, -0.2) is 20.1 Å². The van der Waals surface area contributed by atoms with Crippen LogP contribution in [0.1, 0.15) is 27.4 Å². The van der Waals surface area contributed by atoms with Gasteiger partial charge in [0.05, 0.1) is 18.0 Å². The van der Waals surface area contributed by atoms with Crippen molar-refractivity contribution >= 4 is 11.3 Å². The Kier molecular flexibility index (Phi) is 3.86. The first-order valence-corrected chi connectivity index (χ1v) is 7.72. The molecular formula is C16H17N3OS. The molecular weight excluding hydrogens is 282 g/mol. The second-order valence-electron chi connectivity index (χ2n) is 5.03. The number of aliphatic hydroxyl groups excluding tert-OH is 1. The second kappa shape index (κ2) is 5.79. The first-order chi connectivity index (χ1) is 10.2. The number of hydrogen-bond donors (Lipinski definition) is 1. The van der Waals surface area contributed by atoms with E-state index in [9.17, 15) is 5.11 Å². The SMILES string of the molecule is Cc1cccc(-n2nnc(CO)c2Cc2cccs2)c1C. The highest BCUT2D eigenvalue weighted by Crippen LogP contribution is 2.23. The maximum atomic E-state index is 9.52. The fraction of sp³-hybridized carbons (Fsp3) is 0.250. The lowest BCUT2D eigenvalue weighted by Gasteiger charge is -2.11. The van der Waals surface area contributed by atoms with E-state index < -0.39 is 0 Å². The highest BCUT2D eigenvalue weighted by atomic mass is 32.1. The van der Waals surface area contributed by atoms with Crippen molar-refractivity contribution in [3.8, 4) is 5.69 Å². The summed E-state index contributed by atoms with van der Waals surface area (Å²) < 4.78 is 1.85. The summed E-state index contributed by atoms with van der Waals surface area (Å²) in [6.07, 6.45) is 0.730. The van der Waals surface area contributed by atoms with Crippen LogP contribution in [0, 0.1) is 13.8 Å². The second-order valence-corrected chi connectivity index (χ2v) is 6.06. The zero-order valence-electron chi connectivity index (χ0n) is 12.1. The molecule has 3 aromatic rings. The lowest BCUT2D eigenvalue weighted by Crippen LogP contribution is -2.06. The number of hydrogen-bond acceptors (Lipinski definition) is 4. The van der Waals surface area contributed by atoms with Crippen molar-refractivity contribution < 1.29 is 5.11 Å². The molecule has 0 atom stereocenters. The van der Waals surface area contributed by atoms with Crippen LogP contribution >= 0.6 is 11.3 Å². The van der Waals surface area contributed by atoms with E-state index in [1.807, 2.05) is 22.9 Å². The van der Waals surface area contributed by atoms with E-state index in [1.54, 1.807) is 11.3 Å². The summed E-state index contributed by atoms with van der Waals surface area (Å²) in [5, 5.41) is 20.0. The van der Waals surface area contributed by atoms with Crippen molar-refractivity contribution in [1.29, 1.82) is 0 Å². The van der Waals surface area contributed by atoms with Crippen LogP contribution in [0.25, 0.3) is 5.69 Å². The van der Waals surface area contributed by atoms with Crippen LogP contribution in [0.15, 0.2) is 35.7 Å². The summed E-state index contributed by atoms with van der Waals surface area (Å²) in [7, 11) is 0. The molecule has 0 fully saturated rings. The molecule has 5 heteroatoms. The molecule has 3 rings (SSSR count). The van der Waals surface area contributed by atoms with E-state index in [0.717, 1.165) is 17.8 Å². The Balaban J connectivity index is 2.10. The molecule has 0 aliphatic heterocycles. The van der Waals surface area contributed by atoms with Gasteiger partial charge in [-0.1, -0.05) is 23.4 Å². The molecule has 0 spiro atoms. The lowest BCUT2D eigenvalue weighted by atomic mass is 10.1. The summed E-state index contributed by atoms with van der Waals surface area (Å²) in [5.41, 5.74) is 5.02. The van der Waals surface area contributed by atoms with Crippen molar-refractivity contribution in [1.82, 2.24) is 15.0 Å². The first-order valence-electron chi connectivity index (χ1n) is 6.84. The smallest absolute Gasteiger partial charge is 0.112 e. The van der Waals surface area contributed by atoms with Gasteiger partial charge in [-0.25, -0.2) is 4.68 Å². The molecule has 2 heterocycles. The summed E-state index contributed by atoms with van der Waals surface area (Å²) in [6, 6.07) is 10.3.